The molecule has 1 saturated carbocycles. The molecule has 14 heavy (non-hydrogen) atoms. The van der Waals surface area contributed by atoms with E-state index in [0.717, 1.165) is 18.4 Å². The van der Waals surface area contributed by atoms with Gasteiger partial charge in [-0.25, -0.2) is 0 Å². The van der Waals surface area contributed by atoms with E-state index in [0.29, 0.717) is 5.92 Å². The van der Waals surface area contributed by atoms with E-state index in [2.05, 4.69) is 32.3 Å². The lowest BCUT2D eigenvalue weighted by Crippen LogP contribution is -2.29. The van der Waals surface area contributed by atoms with Crippen molar-refractivity contribution >= 4 is 0 Å². The summed E-state index contributed by atoms with van der Waals surface area (Å²) in [7, 11) is 0. The molecule has 1 fully saturated rings. The van der Waals surface area contributed by atoms with Crippen LogP contribution < -0.4 is 5.32 Å². The zero-order valence-electron chi connectivity index (χ0n) is 9.55. The van der Waals surface area contributed by atoms with Gasteiger partial charge in [-0.15, -0.1) is 6.58 Å². The summed E-state index contributed by atoms with van der Waals surface area (Å²) in [5.74, 6) is 2.31. The zero-order valence-corrected chi connectivity index (χ0v) is 9.55. The summed E-state index contributed by atoms with van der Waals surface area (Å²) in [5.41, 5.74) is 1.21. The number of rotatable bonds is 4. The van der Waals surface area contributed by atoms with E-state index in [4.69, 9.17) is 0 Å². The Balaban J connectivity index is 2.46. The van der Waals surface area contributed by atoms with Crippen molar-refractivity contribution in [1.82, 2.24) is 5.32 Å². The molecule has 1 nitrogen and oxygen atoms in total. The maximum absolute atomic E-state index is 4.14. The fraction of sp³-hybridized carbons (Fsp3) is 0.692. The van der Waals surface area contributed by atoms with Gasteiger partial charge in [0.2, 0.25) is 0 Å². The maximum Gasteiger partial charge on any atom is 0.0325 e. The minimum atomic E-state index is 0.665. The lowest BCUT2D eigenvalue weighted by Gasteiger charge is -2.34. The summed E-state index contributed by atoms with van der Waals surface area (Å²) in [6.07, 6.45) is 5.92. The van der Waals surface area contributed by atoms with Crippen LogP contribution in [0.2, 0.25) is 0 Å². The molecule has 1 rings (SSSR count). The van der Waals surface area contributed by atoms with Crippen molar-refractivity contribution in [2.75, 3.05) is 6.54 Å². The molecule has 3 atom stereocenters. The van der Waals surface area contributed by atoms with Gasteiger partial charge in [-0.1, -0.05) is 32.9 Å². The Labute approximate surface area is 88.3 Å². The number of hydrogen-bond acceptors (Lipinski definition) is 1. The lowest BCUT2D eigenvalue weighted by atomic mass is 9.74. The van der Waals surface area contributed by atoms with Crippen molar-refractivity contribution in [3.63, 3.8) is 0 Å². The smallest absolute Gasteiger partial charge is 0.0325 e. The summed E-state index contributed by atoms with van der Waals surface area (Å²) in [6.45, 7) is 13.4. The molecule has 1 aliphatic rings. The van der Waals surface area contributed by atoms with Gasteiger partial charge in [0.05, 0.1) is 0 Å². The van der Waals surface area contributed by atoms with Crippen molar-refractivity contribution in [3.8, 4) is 0 Å². The molecule has 0 amide bonds. The number of hydrogen-bond donors (Lipinski definition) is 1. The van der Waals surface area contributed by atoms with Crippen molar-refractivity contribution in [3.05, 3.63) is 24.9 Å². The lowest BCUT2D eigenvalue weighted by molar-refractivity contribution is 0.227. The SMILES string of the molecule is C=CCNC(=C)C1CC(C)CCC1C. The van der Waals surface area contributed by atoms with Crippen LogP contribution in [-0.2, 0) is 0 Å². The molecule has 0 heterocycles. The summed E-state index contributed by atoms with van der Waals surface area (Å²) >= 11 is 0. The third kappa shape index (κ3) is 2.90. The van der Waals surface area contributed by atoms with Gasteiger partial charge in [-0.3, -0.25) is 0 Å². The quantitative estimate of drug-likeness (QED) is 0.675. The predicted octanol–water partition coefficient (Wildman–Crippen LogP) is 3.35. The molecule has 0 aromatic carbocycles. The first kappa shape index (κ1) is 11.4. The molecule has 1 N–H and O–H groups in total. The Hall–Kier alpha value is -0.720. The molecule has 0 radical (unpaired) electrons. The second kappa shape index (κ2) is 5.23. The van der Waals surface area contributed by atoms with Gasteiger partial charge in [0, 0.05) is 18.2 Å². The van der Waals surface area contributed by atoms with Gasteiger partial charge in [0.1, 0.15) is 0 Å². The highest BCUT2D eigenvalue weighted by Crippen LogP contribution is 2.36. The third-order valence-corrected chi connectivity index (χ3v) is 3.38. The van der Waals surface area contributed by atoms with E-state index in [9.17, 15) is 0 Å². The van der Waals surface area contributed by atoms with Crippen molar-refractivity contribution < 1.29 is 0 Å². The van der Waals surface area contributed by atoms with E-state index in [1.807, 2.05) is 6.08 Å². The molecular formula is C13H23N. The van der Waals surface area contributed by atoms with Gasteiger partial charge < -0.3 is 5.32 Å². The van der Waals surface area contributed by atoms with Gasteiger partial charge in [0.15, 0.2) is 0 Å². The Morgan fingerprint density at radius 3 is 2.79 bits per heavy atom. The van der Waals surface area contributed by atoms with E-state index < -0.39 is 0 Å². The Morgan fingerprint density at radius 1 is 1.43 bits per heavy atom. The highest BCUT2D eigenvalue weighted by Gasteiger charge is 2.27. The van der Waals surface area contributed by atoms with E-state index >= 15 is 0 Å². The molecule has 0 aromatic heterocycles. The van der Waals surface area contributed by atoms with Crippen molar-refractivity contribution in [2.45, 2.75) is 33.1 Å². The number of allylic oxidation sites excluding steroid dienone is 1. The van der Waals surface area contributed by atoms with Crippen molar-refractivity contribution in [1.29, 1.82) is 0 Å². The van der Waals surface area contributed by atoms with Crippen LogP contribution in [0.1, 0.15) is 33.1 Å². The first-order valence-corrected chi connectivity index (χ1v) is 5.68. The standard InChI is InChI=1S/C13H23N/c1-5-8-14-12(4)13-9-10(2)6-7-11(13)3/h5,10-11,13-14H,1,4,6-9H2,2-3H3. The van der Waals surface area contributed by atoms with Crippen LogP contribution in [0.4, 0.5) is 0 Å². The molecular weight excluding hydrogens is 170 g/mol. The van der Waals surface area contributed by atoms with E-state index in [-0.39, 0.29) is 0 Å². The fourth-order valence-corrected chi connectivity index (χ4v) is 2.35. The molecule has 0 bridgehead atoms. The fourth-order valence-electron chi connectivity index (χ4n) is 2.35. The molecule has 3 unspecified atom stereocenters. The summed E-state index contributed by atoms with van der Waals surface area (Å²) < 4.78 is 0. The number of nitrogens with one attached hydrogen (secondary N) is 1. The van der Waals surface area contributed by atoms with Crippen LogP contribution in [0.15, 0.2) is 24.9 Å². The molecule has 0 saturated heterocycles. The minimum absolute atomic E-state index is 0.665. The van der Waals surface area contributed by atoms with Gasteiger partial charge >= 0.3 is 0 Å². The van der Waals surface area contributed by atoms with E-state index in [1.54, 1.807) is 0 Å². The normalized spacial score (nSPS) is 32.3. The second-order valence-electron chi connectivity index (χ2n) is 4.70. The molecule has 1 heteroatoms. The molecule has 0 spiro atoms. The first-order chi connectivity index (χ1) is 6.65. The highest BCUT2D eigenvalue weighted by atomic mass is 14.9. The average molecular weight is 193 g/mol. The third-order valence-electron chi connectivity index (χ3n) is 3.38. The molecule has 80 valence electrons. The van der Waals surface area contributed by atoms with Crippen LogP contribution in [0.25, 0.3) is 0 Å². The Morgan fingerprint density at radius 2 is 2.14 bits per heavy atom. The van der Waals surface area contributed by atoms with Crippen LogP contribution in [0.3, 0.4) is 0 Å². The zero-order chi connectivity index (χ0) is 10.6. The largest absolute Gasteiger partial charge is 0.385 e. The topological polar surface area (TPSA) is 12.0 Å². The first-order valence-electron chi connectivity index (χ1n) is 5.68. The van der Waals surface area contributed by atoms with Crippen LogP contribution >= 0.6 is 0 Å². The second-order valence-corrected chi connectivity index (χ2v) is 4.70. The predicted molar refractivity (Wildman–Crippen MR) is 63.0 cm³/mol. The van der Waals surface area contributed by atoms with Gasteiger partial charge in [0.25, 0.3) is 0 Å². The van der Waals surface area contributed by atoms with Crippen molar-refractivity contribution in [2.24, 2.45) is 17.8 Å². The van der Waals surface area contributed by atoms with Gasteiger partial charge in [-0.2, -0.15) is 0 Å². The summed E-state index contributed by atoms with van der Waals surface area (Å²) in [4.78, 5) is 0. The minimum Gasteiger partial charge on any atom is -0.385 e. The van der Waals surface area contributed by atoms with Crippen LogP contribution in [0, 0.1) is 17.8 Å². The summed E-state index contributed by atoms with van der Waals surface area (Å²) in [5, 5.41) is 3.34. The average Bonchev–Trinajstić information content (AvgIpc) is 2.18. The van der Waals surface area contributed by atoms with E-state index in [1.165, 1.54) is 25.0 Å². The summed E-state index contributed by atoms with van der Waals surface area (Å²) in [6, 6.07) is 0. The van der Waals surface area contributed by atoms with Crippen LogP contribution in [0.5, 0.6) is 0 Å². The molecule has 1 aliphatic carbocycles. The molecule has 0 aliphatic heterocycles. The Bertz CT molecular complexity index is 207. The van der Waals surface area contributed by atoms with Gasteiger partial charge in [-0.05, 0) is 24.7 Å². The maximum atomic E-state index is 4.14. The Kier molecular flexibility index (Phi) is 4.24. The molecule has 0 aromatic rings. The monoisotopic (exact) mass is 193 g/mol. The highest BCUT2D eigenvalue weighted by molar-refractivity contribution is 5.03. The van der Waals surface area contributed by atoms with Crippen LogP contribution in [-0.4, -0.2) is 6.54 Å².